The smallest absolute Gasteiger partial charge is 0.384 e. The predicted octanol–water partition coefficient (Wildman–Crippen LogP) is 1.88. The molecule has 0 aliphatic heterocycles. The van der Waals surface area contributed by atoms with Crippen LogP contribution in [0, 0.1) is 0 Å². The Labute approximate surface area is 57.2 Å². The minimum Gasteiger partial charge on any atom is -0.384 e. The van der Waals surface area contributed by atoms with Crippen LogP contribution in [0.3, 0.4) is 0 Å². The lowest BCUT2D eigenvalue weighted by atomic mass is 10.2. The Morgan fingerprint density at radius 1 is 1.50 bits per heavy atom. The molecular formula is C6H9F3O. The van der Waals surface area contributed by atoms with E-state index < -0.39 is 12.3 Å². The zero-order valence-electron chi connectivity index (χ0n) is 5.36. The predicted molar refractivity (Wildman–Crippen MR) is 31.5 cm³/mol. The fourth-order valence-corrected chi connectivity index (χ4v) is 0.439. The van der Waals surface area contributed by atoms with Crippen LogP contribution in [-0.2, 0) is 0 Å². The van der Waals surface area contributed by atoms with E-state index in [1.807, 2.05) is 0 Å². The highest BCUT2D eigenvalue weighted by Gasteiger charge is 2.37. The summed E-state index contributed by atoms with van der Waals surface area (Å²) in [5.74, 6) is 0. The Bertz CT molecular complexity index is 108. The second kappa shape index (κ2) is 3.61. The summed E-state index contributed by atoms with van der Waals surface area (Å²) in [6, 6.07) is 0. The molecule has 0 unspecified atom stereocenters. The van der Waals surface area contributed by atoms with E-state index in [0.717, 1.165) is 0 Å². The number of allylic oxidation sites excluding steroid dienone is 1. The monoisotopic (exact) mass is 154 g/mol. The standard InChI is InChI=1S/C6H9F3O/c1-2-3-4-5(10)6(7,8)9/h2,5,10H,1,3-4H2/t5-/m0/s1. The van der Waals surface area contributed by atoms with Gasteiger partial charge in [0, 0.05) is 0 Å². The first kappa shape index (κ1) is 9.49. The van der Waals surface area contributed by atoms with E-state index in [1.54, 1.807) is 0 Å². The Balaban J connectivity index is 3.61. The zero-order chi connectivity index (χ0) is 8.20. The Hall–Kier alpha value is -0.510. The van der Waals surface area contributed by atoms with E-state index in [2.05, 4.69) is 6.58 Å². The molecule has 0 saturated heterocycles. The highest BCUT2D eigenvalue weighted by molar-refractivity contribution is 4.72. The van der Waals surface area contributed by atoms with Crippen molar-refractivity contribution in [1.82, 2.24) is 0 Å². The van der Waals surface area contributed by atoms with Crippen molar-refractivity contribution < 1.29 is 18.3 Å². The molecule has 0 spiro atoms. The van der Waals surface area contributed by atoms with Crippen LogP contribution in [0.15, 0.2) is 12.7 Å². The first-order chi connectivity index (χ1) is 4.48. The van der Waals surface area contributed by atoms with E-state index in [0.29, 0.717) is 0 Å². The van der Waals surface area contributed by atoms with Gasteiger partial charge < -0.3 is 5.11 Å². The van der Waals surface area contributed by atoms with Crippen molar-refractivity contribution in [3.63, 3.8) is 0 Å². The maximum atomic E-state index is 11.5. The summed E-state index contributed by atoms with van der Waals surface area (Å²) in [5.41, 5.74) is 0. The van der Waals surface area contributed by atoms with Crippen LogP contribution in [-0.4, -0.2) is 17.4 Å². The molecule has 0 aromatic carbocycles. The molecular weight excluding hydrogens is 145 g/mol. The molecule has 0 fully saturated rings. The van der Waals surface area contributed by atoms with Crippen molar-refractivity contribution in [2.75, 3.05) is 0 Å². The Morgan fingerprint density at radius 2 is 2.00 bits per heavy atom. The van der Waals surface area contributed by atoms with Crippen molar-refractivity contribution >= 4 is 0 Å². The summed E-state index contributed by atoms with van der Waals surface area (Å²) < 4.78 is 34.5. The third kappa shape index (κ3) is 3.50. The molecule has 60 valence electrons. The SMILES string of the molecule is C=CCC[C@H](O)C(F)(F)F. The highest BCUT2D eigenvalue weighted by atomic mass is 19.4. The molecule has 1 atom stereocenters. The zero-order valence-corrected chi connectivity index (χ0v) is 5.36. The molecule has 1 nitrogen and oxygen atoms in total. The number of hydrogen-bond donors (Lipinski definition) is 1. The number of rotatable bonds is 3. The number of alkyl halides is 3. The minimum absolute atomic E-state index is 0.181. The highest BCUT2D eigenvalue weighted by Crippen LogP contribution is 2.22. The Kier molecular flexibility index (Phi) is 3.42. The van der Waals surface area contributed by atoms with Crippen LogP contribution in [0.5, 0.6) is 0 Å². The first-order valence-corrected chi connectivity index (χ1v) is 2.84. The lowest BCUT2D eigenvalue weighted by molar-refractivity contribution is -0.205. The maximum absolute atomic E-state index is 11.5. The molecule has 0 rings (SSSR count). The summed E-state index contributed by atoms with van der Waals surface area (Å²) in [7, 11) is 0. The van der Waals surface area contributed by atoms with Crippen LogP contribution < -0.4 is 0 Å². The van der Waals surface area contributed by atoms with Gasteiger partial charge in [-0.1, -0.05) is 6.08 Å². The van der Waals surface area contributed by atoms with Gasteiger partial charge in [0.05, 0.1) is 0 Å². The van der Waals surface area contributed by atoms with E-state index in [4.69, 9.17) is 5.11 Å². The molecule has 0 bridgehead atoms. The van der Waals surface area contributed by atoms with Crippen LogP contribution in [0.1, 0.15) is 12.8 Å². The molecule has 4 heteroatoms. The average molecular weight is 154 g/mol. The van der Waals surface area contributed by atoms with E-state index >= 15 is 0 Å². The van der Waals surface area contributed by atoms with Gasteiger partial charge in [-0.25, -0.2) is 0 Å². The number of halogens is 3. The molecule has 0 aromatic heterocycles. The van der Waals surface area contributed by atoms with Crippen molar-refractivity contribution in [2.24, 2.45) is 0 Å². The number of hydrogen-bond acceptors (Lipinski definition) is 1. The first-order valence-electron chi connectivity index (χ1n) is 2.84. The quantitative estimate of drug-likeness (QED) is 0.615. The van der Waals surface area contributed by atoms with Crippen molar-refractivity contribution in [1.29, 1.82) is 0 Å². The van der Waals surface area contributed by atoms with Gasteiger partial charge in [0.25, 0.3) is 0 Å². The third-order valence-electron chi connectivity index (χ3n) is 1.02. The van der Waals surface area contributed by atoms with Crippen LogP contribution in [0.4, 0.5) is 13.2 Å². The van der Waals surface area contributed by atoms with Gasteiger partial charge >= 0.3 is 6.18 Å². The van der Waals surface area contributed by atoms with Gasteiger partial charge in [0.15, 0.2) is 0 Å². The van der Waals surface area contributed by atoms with Gasteiger partial charge in [-0.15, -0.1) is 6.58 Å². The fraction of sp³-hybridized carbons (Fsp3) is 0.667. The molecule has 1 N–H and O–H groups in total. The van der Waals surface area contributed by atoms with E-state index in [9.17, 15) is 13.2 Å². The normalized spacial score (nSPS) is 14.8. The number of aliphatic hydroxyl groups excluding tert-OH is 1. The molecule has 10 heavy (non-hydrogen) atoms. The maximum Gasteiger partial charge on any atom is 0.414 e. The summed E-state index contributed by atoms with van der Waals surface area (Å²) in [4.78, 5) is 0. The summed E-state index contributed by atoms with van der Waals surface area (Å²) >= 11 is 0. The van der Waals surface area contributed by atoms with Gasteiger partial charge in [-0.3, -0.25) is 0 Å². The van der Waals surface area contributed by atoms with Crippen molar-refractivity contribution in [3.8, 4) is 0 Å². The second-order valence-electron chi connectivity index (χ2n) is 1.92. The van der Waals surface area contributed by atoms with Gasteiger partial charge in [-0.2, -0.15) is 13.2 Å². The molecule has 0 aliphatic rings. The van der Waals surface area contributed by atoms with Gasteiger partial charge in [0.2, 0.25) is 0 Å². The number of aliphatic hydroxyl groups is 1. The molecule has 0 aliphatic carbocycles. The molecule has 0 aromatic rings. The molecule has 0 amide bonds. The van der Waals surface area contributed by atoms with E-state index in [1.165, 1.54) is 6.08 Å². The second-order valence-corrected chi connectivity index (χ2v) is 1.92. The van der Waals surface area contributed by atoms with Crippen LogP contribution in [0.2, 0.25) is 0 Å². The summed E-state index contributed by atoms with van der Waals surface area (Å²) in [6.07, 6.45) is -5.46. The van der Waals surface area contributed by atoms with Crippen LogP contribution >= 0.6 is 0 Å². The summed E-state index contributed by atoms with van der Waals surface area (Å²) in [6.45, 7) is 3.24. The van der Waals surface area contributed by atoms with Crippen LogP contribution in [0.25, 0.3) is 0 Å². The lowest BCUT2D eigenvalue weighted by Gasteiger charge is -2.12. The molecule has 0 radical (unpaired) electrons. The largest absolute Gasteiger partial charge is 0.414 e. The minimum atomic E-state index is -4.48. The van der Waals surface area contributed by atoms with Gasteiger partial charge in [0.1, 0.15) is 6.10 Å². The third-order valence-corrected chi connectivity index (χ3v) is 1.02. The molecule has 0 saturated carbocycles. The lowest BCUT2D eigenvalue weighted by Crippen LogP contribution is -2.27. The summed E-state index contributed by atoms with van der Waals surface area (Å²) in [5, 5.41) is 8.34. The van der Waals surface area contributed by atoms with E-state index in [-0.39, 0.29) is 12.8 Å². The topological polar surface area (TPSA) is 20.2 Å². The van der Waals surface area contributed by atoms with Crippen molar-refractivity contribution in [2.45, 2.75) is 25.1 Å². The molecule has 0 heterocycles. The average Bonchev–Trinajstić information content (AvgIpc) is 1.80. The van der Waals surface area contributed by atoms with Gasteiger partial charge in [-0.05, 0) is 12.8 Å². The Morgan fingerprint density at radius 3 is 2.30 bits per heavy atom. The van der Waals surface area contributed by atoms with Crippen molar-refractivity contribution in [3.05, 3.63) is 12.7 Å². The fourth-order valence-electron chi connectivity index (χ4n) is 0.439.